The van der Waals surface area contributed by atoms with Gasteiger partial charge in [-0.05, 0) is 36.4 Å². The van der Waals surface area contributed by atoms with E-state index in [1.165, 1.54) is 12.1 Å². The topological polar surface area (TPSA) is 74.2 Å². The van der Waals surface area contributed by atoms with E-state index in [1.807, 2.05) is 0 Å². The molecule has 106 valence electrons. The zero-order chi connectivity index (χ0) is 14.7. The van der Waals surface area contributed by atoms with Crippen molar-refractivity contribution < 1.29 is 13.5 Å². The average Bonchev–Trinajstić information content (AvgIpc) is 2.96. The third kappa shape index (κ3) is 3.00. The van der Waals surface area contributed by atoms with Crippen LogP contribution in [-0.2, 0) is 6.61 Å². The lowest BCUT2D eigenvalue weighted by Gasteiger charge is -2.03. The lowest BCUT2D eigenvalue weighted by molar-refractivity contribution is 0.253. The molecule has 0 spiro atoms. The van der Waals surface area contributed by atoms with Gasteiger partial charge in [-0.2, -0.15) is 0 Å². The molecule has 0 saturated heterocycles. The second-order valence-corrected chi connectivity index (χ2v) is 4.34. The number of ether oxygens (including phenoxy) is 1. The number of rotatable bonds is 4. The molecule has 1 aromatic heterocycles. The number of hydrogen-bond acceptors (Lipinski definition) is 5. The summed E-state index contributed by atoms with van der Waals surface area (Å²) in [5.74, 6) is 0.340. The van der Waals surface area contributed by atoms with E-state index in [1.54, 1.807) is 36.4 Å². The van der Waals surface area contributed by atoms with Gasteiger partial charge in [0.25, 0.3) is 5.89 Å². The number of anilines is 1. The smallest absolute Gasteiger partial charge is 0.254 e. The van der Waals surface area contributed by atoms with Gasteiger partial charge in [-0.3, -0.25) is 0 Å². The summed E-state index contributed by atoms with van der Waals surface area (Å²) < 4.78 is 24.2. The van der Waals surface area contributed by atoms with E-state index in [-0.39, 0.29) is 18.2 Å². The first-order chi connectivity index (χ1) is 10.2. The highest BCUT2D eigenvalue weighted by Gasteiger charge is 2.10. The molecule has 1 heterocycles. The van der Waals surface area contributed by atoms with Crippen molar-refractivity contribution in [3.8, 4) is 17.2 Å². The second-order valence-electron chi connectivity index (χ2n) is 4.34. The highest BCUT2D eigenvalue weighted by atomic mass is 19.1. The van der Waals surface area contributed by atoms with Crippen LogP contribution in [0, 0.1) is 5.82 Å². The van der Waals surface area contributed by atoms with Gasteiger partial charge in [0.2, 0.25) is 5.89 Å². The third-order valence-corrected chi connectivity index (χ3v) is 2.81. The van der Waals surface area contributed by atoms with Crippen molar-refractivity contribution in [2.45, 2.75) is 6.61 Å². The van der Waals surface area contributed by atoms with Gasteiger partial charge < -0.3 is 14.9 Å². The quantitative estimate of drug-likeness (QED) is 0.746. The summed E-state index contributed by atoms with van der Waals surface area (Å²) in [7, 11) is 0. The van der Waals surface area contributed by atoms with Crippen LogP contribution in [0.1, 0.15) is 5.89 Å². The fourth-order valence-electron chi connectivity index (χ4n) is 1.76. The van der Waals surface area contributed by atoms with E-state index in [0.29, 0.717) is 11.6 Å². The number of halogens is 1. The first kappa shape index (κ1) is 13.1. The predicted octanol–water partition coefficient (Wildman–Crippen LogP) is 3.04. The van der Waals surface area contributed by atoms with Crippen molar-refractivity contribution in [2.24, 2.45) is 0 Å². The molecule has 0 unspecified atom stereocenters. The van der Waals surface area contributed by atoms with Crippen molar-refractivity contribution in [3.63, 3.8) is 0 Å². The Labute approximate surface area is 120 Å². The van der Waals surface area contributed by atoms with Crippen molar-refractivity contribution in [1.29, 1.82) is 0 Å². The van der Waals surface area contributed by atoms with Gasteiger partial charge in [0.15, 0.2) is 18.2 Å². The van der Waals surface area contributed by atoms with Crippen LogP contribution < -0.4 is 10.5 Å². The molecule has 2 aromatic carbocycles. The number of hydrogen-bond donors (Lipinski definition) is 1. The van der Waals surface area contributed by atoms with Gasteiger partial charge in [0, 0.05) is 11.3 Å². The average molecular weight is 285 g/mol. The van der Waals surface area contributed by atoms with E-state index >= 15 is 0 Å². The molecular formula is C15H12FN3O2. The molecular weight excluding hydrogens is 273 g/mol. The summed E-state index contributed by atoms with van der Waals surface area (Å²) in [6, 6.07) is 13.2. The summed E-state index contributed by atoms with van der Waals surface area (Å²) in [6.45, 7) is 0.00288. The molecule has 3 aromatic rings. The first-order valence-electron chi connectivity index (χ1n) is 6.28. The third-order valence-electron chi connectivity index (χ3n) is 2.81. The zero-order valence-electron chi connectivity index (χ0n) is 11.0. The molecule has 5 nitrogen and oxygen atoms in total. The fraction of sp³-hybridized carbons (Fsp3) is 0.0667. The standard InChI is InChI=1S/C15H12FN3O2/c16-12-3-1-2-4-13(12)20-9-14-18-19-15(21-14)10-5-7-11(17)8-6-10/h1-8H,9,17H2. The number of nitrogens with two attached hydrogens (primary N) is 1. The van der Waals surface area contributed by atoms with Crippen LogP contribution in [0.3, 0.4) is 0 Å². The summed E-state index contributed by atoms with van der Waals surface area (Å²) in [6.07, 6.45) is 0. The molecule has 0 amide bonds. The van der Waals surface area contributed by atoms with Crippen molar-refractivity contribution in [2.75, 3.05) is 5.73 Å². The Hall–Kier alpha value is -2.89. The van der Waals surface area contributed by atoms with E-state index in [0.717, 1.165) is 5.56 Å². The number of benzene rings is 2. The second kappa shape index (κ2) is 5.62. The van der Waals surface area contributed by atoms with E-state index in [4.69, 9.17) is 14.9 Å². The van der Waals surface area contributed by atoms with Crippen LogP contribution in [0.4, 0.5) is 10.1 Å². The summed E-state index contributed by atoms with van der Waals surface area (Å²) in [5.41, 5.74) is 7.03. The van der Waals surface area contributed by atoms with E-state index in [2.05, 4.69) is 10.2 Å². The van der Waals surface area contributed by atoms with Crippen LogP contribution >= 0.6 is 0 Å². The van der Waals surface area contributed by atoms with Crippen molar-refractivity contribution in [3.05, 3.63) is 60.2 Å². The van der Waals surface area contributed by atoms with E-state index < -0.39 is 5.82 Å². The fourth-order valence-corrected chi connectivity index (χ4v) is 1.76. The maximum Gasteiger partial charge on any atom is 0.254 e. The summed E-state index contributed by atoms with van der Waals surface area (Å²) in [4.78, 5) is 0. The SMILES string of the molecule is Nc1ccc(-c2nnc(COc3ccccc3F)o2)cc1. The van der Waals surface area contributed by atoms with Crippen LogP contribution in [0.15, 0.2) is 52.9 Å². The van der Waals surface area contributed by atoms with Gasteiger partial charge in [-0.1, -0.05) is 12.1 Å². The number of nitrogen functional groups attached to an aromatic ring is 1. The summed E-state index contributed by atoms with van der Waals surface area (Å²) >= 11 is 0. The Bertz CT molecular complexity index is 741. The molecule has 6 heteroatoms. The van der Waals surface area contributed by atoms with Gasteiger partial charge in [-0.15, -0.1) is 10.2 Å². The Morgan fingerprint density at radius 1 is 1.05 bits per heavy atom. The number of para-hydroxylation sites is 1. The van der Waals surface area contributed by atoms with E-state index in [9.17, 15) is 4.39 Å². The van der Waals surface area contributed by atoms with Crippen LogP contribution in [0.5, 0.6) is 5.75 Å². The molecule has 0 aliphatic rings. The van der Waals surface area contributed by atoms with Gasteiger partial charge >= 0.3 is 0 Å². The lowest BCUT2D eigenvalue weighted by Crippen LogP contribution is -1.97. The Kier molecular flexibility index (Phi) is 3.51. The van der Waals surface area contributed by atoms with Crippen molar-refractivity contribution in [1.82, 2.24) is 10.2 Å². The van der Waals surface area contributed by atoms with Crippen LogP contribution in [0.2, 0.25) is 0 Å². The summed E-state index contributed by atoms with van der Waals surface area (Å²) in [5, 5.41) is 7.78. The lowest BCUT2D eigenvalue weighted by atomic mass is 10.2. The highest BCUT2D eigenvalue weighted by molar-refractivity contribution is 5.56. The van der Waals surface area contributed by atoms with Crippen molar-refractivity contribution >= 4 is 5.69 Å². The molecule has 2 N–H and O–H groups in total. The Morgan fingerprint density at radius 2 is 1.81 bits per heavy atom. The maximum atomic E-state index is 13.4. The molecule has 0 fully saturated rings. The molecule has 0 bridgehead atoms. The zero-order valence-corrected chi connectivity index (χ0v) is 11.0. The molecule has 0 aliphatic carbocycles. The minimum absolute atomic E-state index is 0.00288. The number of nitrogens with zero attached hydrogens (tertiary/aromatic N) is 2. The van der Waals surface area contributed by atoms with Gasteiger partial charge in [0.05, 0.1) is 0 Å². The molecule has 0 atom stereocenters. The predicted molar refractivity (Wildman–Crippen MR) is 74.9 cm³/mol. The monoisotopic (exact) mass is 285 g/mol. The number of aromatic nitrogens is 2. The molecule has 0 radical (unpaired) electrons. The van der Waals surface area contributed by atoms with Gasteiger partial charge in [-0.25, -0.2) is 4.39 Å². The van der Waals surface area contributed by atoms with Crippen LogP contribution in [0.25, 0.3) is 11.5 Å². The Morgan fingerprint density at radius 3 is 2.57 bits per heavy atom. The largest absolute Gasteiger partial charge is 0.481 e. The molecule has 3 rings (SSSR count). The highest BCUT2D eigenvalue weighted by Crippen LogP contribution is 2.21. The Balaban J connectivity index is 1.71. The minimum atomic E-state index is -0.434. The molecule has 0 saturated carbocycles. The minimum Gasteiger partial charge on any atom is -0.481 e. The molecule has 0 aliphatic heterocycles. The first-order valence-corrected chi connectivity index (χ1v) is 6.28. The molecule has 21 heavy (non-hydrogen) atoms. The van der Waals surface area contributed by atoms with Gasteiger partial charge in [0.1, 0.15) is 0 Å². The normalized spacial score (nSPS) is 10.5. The maximum absolute atomic E-state index is 13.4. The van der Waals surface area contributed by atoms with Crippen LogP contribution in [-0.4, -0.2) is 10.2 Å².